The van der Waals surface area contributed by atoms with Crippen molar-refractivity contribution in [3.8, 4) is 5.75 Å². The number of halogens is 4. The molecule has 0 saturated heterocycles. The highest BCUT2D eigenvalue weighted by atomic mass is 127. The third-order valence-electron chi connectivity index (χ3n) is 3.94. The van der Waals surface area contributed by atoms with E-state index in [0.717, 1.165) is 17.2 Å². The van der Waals surface area contributed by atoms with Crippen LogP contribution in [0.15, 0.2) is 29.3 Å². The molecule has 1 aromatic heterocycles. The number of hydrogen-bond donors (Lipinski definition) is 2. The highest BCUT2D eigenvalue weighted by Crippen LogP contribution is 2.19. The molecule has 2 N–H and O–H groups in total. The first-order valence-corrected chi connectivity index (χ1v) is 8.93. The Morgan fingerprint density at radius 2 is 1.87 bits per heavy atom. The van der Waals surface area contributed by atoms with Crippen molar-refractivity contribution in [3.63, 3.8) is 0 Å². The lowest BCUT2D eigenvalue weighted by molar-refractivity contribution is -0.153. The van der Waals surface area contributed by atoms with Crippen LogP contribution in [0, 0.1) is 6.92 Å². The van der Waals surface area contributed by atoms with Gasteiger partial charge >= 0.3 is 6.18 Å². The molecule has 0 aliphatic carbocycles. The number of aliphatic imine (C=N–C) groups is 1. The molecule has 0 aliphatic heterocycles. The van der Waals surface area contributed by atoms with Gasteiger partial charge in [-0.2, -0.15) is 13.2 Å². The van der Waals surface area contributed by atoms with E-state index in [2.05, 4.69) is 25.8 Å². The molecule has 2 rings (SSSR count). The van der Waals surface area contributed by atoms with Crippen LogP contribution < -0.4 is 15.4 Å². The van der Waals surface area contributed by atoms with Gasteiger partial charge < -0.3 is 24.7 Å². The molecule has 1 heterocycles. The van der Waals surface area contributed by atoms with Crippen molar-refractivity contribution in [3.05, 3.63) is 41.5 Å². The zero-order valence-corrected chi connectivity index (χ0v) is 19.3. The molecule has 0 bridgehead atoms. The van der Waals surface area contributed by atoms with Gasteiger partial charge in [-0.3, -0.25) is 0 Å². The minimum Gasteiger partial charge on any atom is -0.484 e. The third kappa shape index (κ3) is 9.15. The number of alkyl halides is 3. The van der Waals surface area contributed by atoms with E-state index < -0.39 is 12.8 Å². The second kappa shape index (κ2) is 12.6. The summed E-state index contributed by atoms with van der Waals surface area (Å²) in [6, 6.07) is 6.33. The number of aromatic nitrogens is 3. The highest BCUT2D eigenvalue weighted by Gasteiger charge is 2.28. The van der Waals surface area contributed by atoms with Crippen LogP contribution in [0.4, 0.5) is 13.2 Å². The maximum Gasteiger partial charge on any atom is 0.422 e. The molecule has 0 saturated carbocycles. The van der Waals surface area contributed by atoms with Gasteiger partial charge in [-0.25, -0.2) is 4.99 Å². The normalized spacial score (nSPS) is 11.7. The first-order valence-electron chi connectivity index (χ1n) is 8.93. The van der Waals surface area contributed by atoms with Crippen LogP contribution in [0.2, 0.25) is 0 Å². The maximum atomic E-state index is 12.2. The van der Waals surface area contributed by atoms with E-state index in [4.69, 9.17) is 9.47 Å². The van der Waals surface area contributed by atoms with E-state index in [-0.39, 0.29) is 29.7 Å². The second-order valence-corrected chi connectivity index (χ2v) is 6.21. The van der Waals surface area contributed by atoms with Gasteiger partial charge in [0.2, 0.25) is 0 Å². The van der Waals surface area contributed by atoms with Crippen LogP contribution in [0.5, 0.6) is 5.75 Å². The lowest BCUT2D eigenvalue weighted by Crippen LogP contribution is -2.39. The van der Waals surface area contributed by atoms with Crippen molar-refractivity contribution in [1.82, 2.24) is 25.4 Å². The molecule has 168 valence electrons. The van der Waals surface area contributed by atoms with E-state index >= 15 is 0 Å². The number of rotatable bonds is 9. The molecular formula is C18H26F3IN6O2. The summed E-state index contributed by atoms with van der Waals surface area (Å²) in [5.41, 5.74) is 0.826. The molecule has 2 aromatic rings. The summed E-state index contributed by atoms with van der Waals surface area (Å²) in [5, 5.41) is 14.4. The van der Waals surface area contributed by atoms with Crippen molar-refractivity contribution in [1.29, 1.82) is 0 Å². The molecule has 0 spiro atoms. The van der Waals surface area contributed by atoms with Crippen molar-refractivity contribution < 1.29 is 22.6 Å². The minimum atomic E-state index is -4.36. The van der Waals surface area contributed by atoms with Gasteiger partial charge in [0.05, 0.1) is 19.7 Å². The standard InChI is InChI=1S/C18H25F3N6O2.HI/c1-13-25-26-16(27(13)2)11-24-17(22-8-9-28-3)23-10-14-4-6-15(7-5-14)29-12-18(19,20)21;/h4-7H,8-12H2,1-3H3,(H2,22,23,24);1H. The molecule has 0 atom stereocenters. The number of aryl methyl sites for hydroxylation is 1. The molecule has 0 aliphatic rings. The van der Waals surface area contributed by atoms with E-state index in [1.807, 2.05) is 18.5 Å². The topological polar surface area (TPSA) is 85.6 Å². The number of ether oxygens (including phenoxy) is 2. The first kappa shape index (κ1) is 25.9. The zero-order chi connectivity index (χ0) is 21.3. The van der Waals surface area contributed by atoms with Gasteiger partial charge in [0.1, 0.15) is 11.6 Å². The van der Waals surface area contributed by atoms with Gasteiger partial charge in [0.25, 0.3) is 0 Å². The molecule has 12 heteroatoms. The number of hydrogen-bond acceptors (Lipinski definition) is 5. The predicted molar refractivity (Wildman–Crippen MR) is 117 cm³/mol. The average Bonchev–Trinajstić information content (AvgIpc) is 3.00. The van der Waals surface area contributed by atoms with Gasteiger partial charge in [-0.15, -0.1) is 34.2 Å². The number of nitrogens with zero attached hydrogens (tertiary/aromatic N) is 4. The summed E-state index contributed by atoms with van der Waals surface area (Å²) in [5.74, 6) is 2.28. The van der Waals surface area contributed by atoms with Gasteiger partial charge in [0.15, 0.2) is 18.4 Å². The van der Waals surface area contributed by atoms with Gasteiger partial charge in [0, 0.05) is 20.7 Å². The second-order valence-electron chi connectivity index (χ2n) is 6.21. The monoisotopic (exact) mass is 542 g/mol. The Hall–Kier alpha value is -2.09. The molecule has 0 fully saturated rings. The first-order chi connectivity index (χ1) is 13.8. The smallest absolute Gasteiger partial charge is 0.422 e. The largest absolute Gasteiger partial charge is 0.484 e. The summed E-state index contributed by atoms with van der Waals surface area (Å²) >= 11 is 0. The number of benzene rings is 1. The third-order valence-corrected chi connectivity index (χ3v) is 3.94. The van der Waals surface area contributed by atoms with E-state index in [1.165, 1.54) is 12.1 Å². The Morgan fingerprint density at radius 1 is 1.17 bits per heavy atom. The summed E-state index contributed by atoms with van der Waals surface area (Å²) in [6.07, 6.45) is -4.36. The molecule has 1 aromatic carbocycles. The van der Waals surface area contributed by atoms with Gasteiger partial charge in [-0.05, 0) is 24.6 Å². The van der Waals surface area contributed by atoms with E-state index in [1.54, 1.807) is 19.2 Å². The summed E-state index contributed by atoms with van der Waals surface area (Å²) in [4.78, 5) is 4.49. The highest BCUT2D eigenvalue weighted by molar-refractivity contribution is 14.0. The number of methoxy groups -OCH3 is 1. The molecule has 8 nitrogen and oxygen atoms in total. The lowest BCUT2D eigenvalue weighted by Gasteiger charge is -2.12. The molecule has 0 radical (unpaired) electrons. The Morgan fingerprint density at radius 3 is 2.43 bits per heavy atom. The van der Waals surface area contributed by atoms with Crippen molar-refractivity contribution >= 4 is 29.9 Å². The zero-order valence-electron chi connectivity index (χ0n) is 17.0. The van der Waals surface area contributed by atoms with Crippen molar-refractivity contribution in [2.75, 3.05) is 26.9 Å². The summed E-state index contributed by atoms with van der Waals surface area (Å²) in [7, 11) is 3.49. The SMILES string of the molecule is COCCNC(=NCc1ccc(OCC(F)(F)F)cc1)NCc1nnc(C)n1C.I. The Kier molecular flexibility index (Phi) is 10.9. The number of guanidine groups is 1. The van der Waals surface area contributed by atoms with Crippen LogP contribution in [0.3, 0.4) is 0 Å². The molecular weight excluding hydrogens is 516 g/mol. The fourth-order valence-electron chi connectivity index (χ4n) is 2.24. The van der Waals surface area contributed by atoms with Crippen LogP contribution in [0.25, 0.3) is 0 Å². The van der Waals surface area contributed by atoms with Crippen molar-refractivity contribution in [2.24, 2.45) is 12.0 Å². The predicted octanol–water partition coefficient (Wildman–Crippen LogP) is 2.56. The molecule has 30 heavy (non-hydrogen) atoms. The summed E-state index contributed by atoms with van der Waals surface area (Å²) in [6.45, 7) is 2.38. The van der Waals surface area contributed by atoms with Crippen LogP contribution >= 0.6 is 24.0 Å². The van der Waals surface area contributed by atoms with E-state index in [9.17, 15) is 13.2 Å². The number of nitrogens with one attached hydrogen (secondary N) is 2. The van der Waals surface area contributed by atoms with E-state index in [0.29, 0.717) is 32.2 Å². The average molecular weight is 542 g/mol. The fraction of sp³-hybridized carbons (Fsp3) is 0.500. The van der Waals surface area contributed by atoms with Crippen molar-refractivity contribution in [2.45, 2.75) is 26.2 Å². The van der Waals surface area contributed by atoms with Crippen LogP contribution in [0.1, 0.15) is 17.2 Å². The fourth-order valence-corrected chi connectivity index (χ4v) is 2.24. The van der Waals surface area contributed by atoms with Crippen LogP contribution in [-0.2, 0) is 24.9 Å². The quantitative estimate of drug-likeness (QED) is 0.220. The Balaban J connectivity index is 0.00000450. The maximum absolute atomic E-state index is 12.2. The Bertz CT molecular complexity index is 796. The minimum absolute atomic E-state index is 0. The lowest BCUT2D eigenvalue weighted by atomic mass is 10.2. The Labute approximate surface area is 190 Å². The van der Waals surface area contributed by atoms with Crippen LogP contribution in [-0.4, -0.2) is 53.8 Å². The summed E-state index contributed by atoms with van der Waals surface area (Å²) < 4.78 is 48.2. The van der Waals surface area contributed by atoms with Gasteiger partial charge in [-0.1, -0.05) is 12.1 Å². The molecule has 0 amide bonds. The molecule has 0 unspecified atom stereocenters.